The van der Waals surface area contributed by atoms with Crippen molar-refractivity contribution in [2.45, 2.75) is 58.3 Å². The first-order valence-corrected chi connectivity index (χ1v) is 5.97. The molecule has 3 heteroatoms. The maximum absolute atomic E-state index is 10.7. The first-order chi connectivity index (χ1) is 7.19. The fourth-order valence-electron chi connectivity index (χ4n) is 2.77. The van der Waals surface area contributed by atoms with Gasteiger partial charge in [0.15, 0.2) is 0 Å². The van der Waals surface area contributed by atoms with Gasteiger partial charge in [-0.15, -0.1) is 0 Å². The van der Waals surface area contributed by atoms with Crippen LogP contribution in [0.25, 0.3) is 0 Å². The summed E-state index contributed by atoms with van der Waals surface area (Å²) in [6.07, 6.45) is 3.61. The van der Waals surface area contributed by atoms with Crippen LogP contribution in [0.4, 0.5) is 0 Å². The molecule has 94 valence electrons. The average Bonchev–Trinajstić information content (AvgIpc) is 2.10. The standard InChI is InChI=1S/C13H24O3/c1-9-7-11(15)8-12(3,4)13(9,16)6-5-10(2)14/h5-6,9-11,14-16H,7-8H2,1-4H3/b6-5+/t9-,10-,11+,13-/m1/s1. The van der Waals surface area contributed by atoms with Crippen molar-refractivity contribution in [3.8, 4) is 0 Å². The molecule has 0 saturated heterocycles. The van der Waals surface area contributed by atoms with E-state index in [1.807, 2.05) is 20.8 Å². The van der Waals surface area contributed by atoms with Crippen molar-refractivity contribution in [3.63, 3.8) is 0 Å². The maximum atomic E-state index is 10.7. The Kier molecular flexibility index (Phi) is 3.83. The third-order valence-corrected chi connectivity index (χ3v) is 3.84. The molecule has 0 aliphatic heterocycles. The number of hydrogen-bond acceptors (Lipinski definition) is 3. The fourth-order valence-corrected chi connectivity index (χ4v) is 2.77. The van der Waals surface area contributed by atoms with E-state index in [-0.39, 0.29) is 17.4 Å². The highest BCUT2D eigenvalue weighted by Crippen LogP contribution is 2.47. The van der Waals surface area contributed by atoms with Crippen LogP contribution in [0, 0.1) is 11.3 Å². The Labute approximate surface area is 97.8 Å². The van der Waals surface area contributed by atoms with Crippen molar-refractivity contribution in [1.29, 1.82) is 0 Å². The van der Waals surface area contributed by atoms with Crippen LogP contribution in [-0.4, -0.2) is 33.1 Å². The monoisotopic (exact) mass is 228 g/mol. The van der Waals surface area contributed by atoms with Crippen molar-refractivity contribution in [3.05, 3.63) is 12.2 Å². The molecule has 0 bridgehead atoms. The predicted molar refractivity (Wildman–Crippen MR) is 64.0 cm³/mol. The second-order valence-electron chi connectivity index (χ2n) is 5.80. The second kappa shape index (κ2) is 4.47. The van der Waals surface area contributed by atoms with Gasteiger partial charge in [-0.2, -0.15) is 0 Å². The molecular weight excluding hydrogens is 204 g/mol. The molecule has 1 aliphatic carbocycles. The SMILES string of the molecule is C[C@@H]1C[C@H](O)CC(C)(C)[C@@]1(O)/C=C/[C@@H](C)O. The van der Waals surface area contributed by atoms with E-state index >= 15 is 0 Å². The summed E-state index contributed by atoms with van der Waals surface area (Å²) in [6.45, 7) is 7.52. The molecule has 0 aromatic rings. The van der Waals surface area contributed by atoms with Gasteiger partial charge < -0.3 is 15.3 Å². The number of rotatable bonds is 2. The van der Waals surface area contributed by atoms with Gasteiger partial charge in [0, 0.05) is 0 Å². The van der Waals surface area contributed by atoms with E-state index in [0.717, 1.165) is 0 Å². The Morgan fingerprint density at radius 2 is 1.94 bits per heavy atom. The van der Waals surface area contributed by atoms with Crippen LogP contribution in [0.5, 0.6) is 0 Å². The highest BCUT2D eigenvalue weighted by molar-refractivity contribution is 5.14. The third-order valence-electron chi connectivity index (χ3n) is 3.84. The number of hydrogen-bond donors (Lipinski definition) is 3. The van der Waals surface area contributed by atoms with Gasteiger partial charge in [0.1, 0.15) is 0 Å². The third kappa shape index (κ3) is 2.47. The Hall–Kier alpha value is -0.380. The molecule has 0 radical (unpaired) electrons. The van der Waals surface area contributed by atoms with Crippen molar-refractivity contribution in [1.82, 2.24) is 0 Å². The van der Waals surface area contributed by atoms with Gasteiger partial charge in [-0.05, 0) is 31.1 Å². The van der Waals surface area contributed by atoms with E-state index in [1.54, 1.807) is 19.1 Å². The molecule has 0 spiro atoms. The molecule has 0 aromatic heterocycles. The Bertz CT molecular complexity index is 270. The summed E-state index contributed by atoms with van der Waals surface area (Å²) in [6, 6.07) is 0. The normalized spacial score (nSPS) is 41.2. The van der Waals surface area contributed by atoms with E-state index in [4.69, 9.17) is 0 Å². The molecule has 1 aliphatic rings. The summed E-state index contributed by atoms with van der Waals surface area (Å²) in [7, 11) is 0. The lowest BCUT2D eigenvalue weighted by Crippen LogP contribution is -2.54. The summed E-state index contributed by atoms with van der Waals surface area (Å²) in [5.74, 6) is -0.0127. The van der Waals surface area contributed by atoms with Crippen molar-refractivity contribution < 1.29 is 15.3 Å². The summed E-state index contributed by atoms with van der Waals surface area (Å²) in [5, 5.41) is 29.7. The summed E-state index contributed by atoms with van der Waals surface area (Å²) < 4.78 is 0. The van der Waals surface area contributed by atoms with Crippen LogP contribution in [0.1, 0.15) is 40.5 Å². The van der Waals surface area contributed by atoms with Gasteiger partial charge >= 0.3 is 0 Å². The van der Waals surface area contributed by atoms with Crippen LogP contribution in [0.15, 0.2) is 12.2 Å². The second-order valence-corrected chi connectivity index (χ2v) is 5.80. The largest absolute Gasteiger partial charge is 0.393 e. The molecular formula is C13H24O3. The average molecular weight is 228 g/mol. The Morgan fingerprint density at radius 1 is 1.38 bits per heavy atom. The summed E-state index contributed by atoms with van der Waals surface area (Å²) >= 11 is 0. The van der Waals surface area contributed by atoms with E-state index in [0.29, 0.717) is 12.8 Å². The highest BCUT2D eigenvalue weighted by Gasteiger charge is 2.50. The quantitative estimate of drug-likeness (QED) is 0.627. The molecule has 1 rings (SSSR count). The van der Waals surface area contributed by atoms with Gasteiger partial charge in [-0.1, -0.05) is 32.9 Å². The van der Waals surface area contributed by atoms with Crippen LogP contribution in [0.3, 0.4) is 0 Å². The van der Waals surface area contributed by atoms with Gasteiger partial charge in [-0.25, -0.2) is 0 Å². The Morgan fingerprint density at radius 3 is 2.38 bits per heavy atom. The molecule has 4 atom stereocenters. The molecule has 3 nitrogen and oxygen atoms in total. The maximum Gasteiger partial charge on any atom is 0.0906 e. The molecule has 3 N–H and O–H groups in total. The zero-order chi connectivity index (χ0) is 12.6. The lowest BCUT2D eigenvalue weighted by Gasteiger charge is -2.50. The van der Waals surface area contributed by atoms with Crippen molar-refractivity contribution >= 4 is 0 Å². The van der Waals surface area contributed by atoms with Crippen LogP contribution >= 0.6 is 0 Å². The van der Waals surface area contributed by atoms with E-state index < -0.39 is 11.7 Å². The zero-order valence-electron chi connectivity index (χ0n) is 10.6. The lowest BCUT2D eigenvalue weighted by molar-refractivity contribution is -0.127. The van der Waals surface area contributed by atoms with Crippen LogP contribution in [-0.2, 0) is 0 Å². The molecule has 0 unspecified atom stereocenters. The molecule has 16 heavy (non-hydrogen) atoms. The van der Waals surface area contributed by atoms with Gasteiger partial charge in [-0.3, -0.25) is 0 Å². The summed E-state index contributed by atoms with van der Waals surface area (Å²) in [4.78, 5) is 0. The van der Waals surface area contributed by atoms with Gasteiger partial charge in [0.05, 0.1) is 17.8 Å². The van der Waals surface area contributed by atoms with Gasteiger partial charge in [0.25, 0.3) is 0 Å². The molecule has 0 aromatic carbocycles. The fraction of sp³-hybridized carbons (Fsp3) is 0.846. The van der Waals surface area contributed by atoms with Crippen LogP contribution in [0.2, 0.25) is 0 Å². The van der Waals surface area contributed by atoms with Gasteiger partial charge in [0.2, 0.25) is 0 Å². The van der Waals surface area contributed by atoms with Crippen LogP contribution < -0.4 is 0 Å². The molecule has 0 amide bonds. The molecule has 1 saturated carbocycles. The minimum absolute atomic E-state index is 0.0127. The smallest absolute Gasteiger partial charge is 0.0906 e. The molecule has 0 heterocycles. The van der Waals surface area contributed by atoms with E-state index in [9.17, 15) is 15.3 Å². The van der Waals surface area contributed by atoms with Crippen molar-refractivity contribution in [2.24, 2.45) is 11.3 Å². The predicted octanol–water partition coefficient (Wildman–Crippen LogP) is 1.47. The van der Waals surface area contributed by atoms with E-state index in [2.05, 4.69) is 0 Å². The minimum atomic E-state index is -0.955. The first-order valence-electron chi connectivity index (χ1n) is 5.97. The minimum Gasteiger partial charge on any atom is -0.393 e. The highest BCUT2D eigenvalue weighted by atomic mass is 16.3. The Balaban J connectivity index is 2.98. The summed E-state index contributed by atoms with van der Waals surface area (Å²) in [5.41, 5.74) is -1.33. The van der Waals surface area contributed by atoms with E-state index in [1.165, 1.54) is 0 Å². The number of aliphatic hydroxyl groups is 3. The first kappa shape index (κ1) is 13.7. The lowest BCUT2D eigenvalue weighted by atomic mass is 9.60. The zero-order valence-corrected chi connectivity index (χ0v) is 10.6. The molecule has 1 fully saturated rings. The number of aliphatic hydroxyl groups excluding tert-OH is 2. The topological polar surface area (TPSA) is 60.7 Å². The van der Waals surface area contributed by atoms with Crippen molar-refractivity contribution in [2.75, 3.05) is 0 Å².